The Morgan fingerprint density at radius 3 is 2.66 bits per heavy atom. The maximum atomic E-state index is 12.6. The summed E-state index contributed by atoms with van der Waals surface area (Å²) in [6.07, 6.45) is 3.66. The molecule has 1 aliphatic carbocycles. The summed E-state index contributed by atoms with van der Waals surface area (Å²) in [7, 11) is -0.159. The van der Waals surface area contributed by atoms with Crippen LogP contribution < -0.4 is 0 Å². The molecule has 0 spiro atoms. The maximum absolute atomic E-state index is 12.6. The number of aliphatic hydroxyl groups is 1. The van der Waals surface area contributed by atoms with E-state index in [-0.39, 0.29) is 44.0 Å². The number of aromatic nitrogens is 2. The van der Waals surface area contributed by atoms with Crippen molar-refractivity contribution in [2.45, 2.75) is 91.7 Å². The van der Waals surface area contributed by atoms with Crippen LogP contribution in [0, 0.1) is 6.57 Å². The van der Waals surface area contributed by atoms with E-state index in [1.807, 2.05) is 17.6 Å². The average molecular weight is 555 g/mol. The molecule has 0 saturated carbocycles. The van der Waals surface area contributed by atoms with E-state index in [1.165, 1.54) is 7.11 Å². The summed E-state index contributed by atoms with van der Waals surface area (Å²) in [5, 5.41) is 3.50. The van der Waals surface area contributed by atoms with Gasteiger partial charge < -0.3 is 28.3 Å². The maximum Gasteiger partial charge on any atom is 0.259 e. The molecular weight excluding hydrogens is 505 g/mol. The van der Waals surface area contributed by atoms with Gasteiger partial charge in [0.05, 0.1) is 18.6 Å². The minimum absolute atomic E-state index is 0.00594. The molecule has 2 heterocycles. The lowest BCUT2D eigenvalue weighted by Crippen LogP contribution is -2.56. The second kappa shape index (κ2) is 14.6. The molecule has 3 rings (SSSR count). The second-order valence-electron chi connectivity index (χ2n) is 10.5. The molecule has 2 aliphatic rings. The largest absolute Gasteiger partial charge is 0.400 e. The Balaban J connectivity index is 0.00000178. The van der Waals surface area contributed by atoms with E-state index in [1.54, 1.807) is 6.33 Å². The van der Waals surface area contributed by atoms with E-state index in [0.29, 0.717) is 31.8 Å². The van der Waals surface area contributed by atoms with E-state index < -0.39 is 20.4 Å². The fourth-order valence-electron chi connectivity index (χ4n) is 4.68. The molecule has 38 heavy (non-hydrogen) atoms. The first-order valence-corrected chi connectivity index (χ1v) is 14.2. The molecule has 11 heteroatoms. The Hall–Kier alpha value is -1.70. The zero-order valence-electron chi connectivity index (χ0n) is 26.1. The number of Topliss-reactive ketones (excluding diaryl/α,β-unsaturated/α-hetero) is 1. The topological polar surface area (TPSA) is 93.7 Å². The number of aliphatic hydroxyl groups excluding tert-OH is 1. The zero-order valence-corrected chi connectivity index (χ0v) is 25.0. The minimum Gasteiger partial charge on any atom is -0.400 e. The van der Waals surface area contributed by atoms with Crippen LogP contribution in [-0.4, -0.2) is 95.1 Å². The number of ketones is 1. The molecule has 3 atom stereocenters. The summed E-state index contributed by atoms with van der Waals surface area (Å²) in [4.78, 5) is 22.7. The summed E-state index contributed by atoms with van der Waals surface area (Å²) < 4.78 is 37.6. The van der Waals surface area contributed by atoms with E-state index in [9.17, 15) is 4.79 Å². The lowest BCUT2D eigenvalue weighted by molar-refractivity contribution is -0.192. The quantitative estimate of drug-likeness (QED) is 0.237. The number of carbonyl (C=O) groups excluding carboxylic acids is 1. The van der Waals surface area contributed by atoms with Crippen LogP contribution in [0.2, 0.25) is 0 Å². The van der Waals surface area contributed by atoms with Gasteiger partial charge in [0.25, 0.3) is 8.53 Å². The number of morpholine rings is 1. The van der Waals surface area contributed by atoms with Crippen LogP contribution >= 0.6 is 8.53 Å². The number of imidazole rings is 1. The van der Waals surface area contributed by atoms with Gasteiger partial charge in [0.2, 0.25) is 7.98 Å². The van der Waals surface area contributed by atoms with Crippen LogP contribution in [0.1, 0.15) is 85.6 Å². The number of hydrogen-bond donors (Lipinski definition) is 1. The van der Waals surface area contributed by atoms with Crippen molar-refractivity contribution >= 4 is 20.4 Å². The SMILES string of the molecule is [2H]C[C@@]1(COP(OCC[N+]#[C-])N(C(C)C)C(C)C)CN(C(C)C)C[C@H](n2cnc3c2C=C(C)CC3=O)O1.[3H]OC. The van der Waals surface area contributed by atoms with Gasteiger partial charge in [0.15, 0.2) is 5.78 Å². The molecular formula is C27H46N5O5P. The van der Waals surface area contributed by atoms with E-state index in [2.05, 4.69) is 66.1 Å². The predicted molar refractivity (Wildman–Crippen MR) is 151 cm³/mol. The third-order valence-corrected chi connectivity index (χ3v) is 8.37. The van der Waals surface area contributed by atoms with Crippen molar-refractivity contribution in [1.29, 1.82) is 1.43 Å². The highest BCUT2D eigenvalue weighted by molar-refractivity contribution is 7.44. The van der Waals surface area contributed by atoms with Gasteiger partial charge in [0, 0.05) is 46.1 Å². The average Bonchev–Trinajstić information content (AvgIpc) is 3.31. The first-order valence-electron chi connectivity index (χ1n) is 14.2. The van der Waals surface area contributed by atoms with Crippen LogP contribution in [0.15, 0.2) is 11.9 Å². The van der Waals surface area contributed by atoms with Gasteiger partial charge in [-0.05, 0) is 61.4 Å². The fraction of sp³-hybridized carbons (Fsp3) is 0.741. The van der Waals surface area contributed by atoms with Gasteiger partial charge in [-0.3, -0.25) is 9.69 Å². The van der Waals surface area contributed by atoms with Crippen molar-refractivity contribution in [2.75, 3.05) is 40.0 Å². The predicted octanol–water partition coefficient (Wildman–Crippen LogP) is 4.78. The van der Waals surface area contributed by atoms with Crippen molar-refractivity contribution < 1.29 is 25.1 Å². The Bertz CT molecular complexity index is 1020. The van der Waals surface area contributed by atoms with Crippen LogP contribution in [0.4, 0.5) is 0 Å². The Morgan fingerprint density at radius 2 is 2.08 bits per heavy atom. The number of fused-ring (bicyclic) bond motifs is 1. The highest BCUT2D eigenvalue weighted by Gasteiger charge is 2.41. The van der Waals surface area contributed by atoms with Gasteiger partial charge in [-0.15, -0.1) is 0 Å². The van der Waals surface area contributed by atoms with Crippen LogP contribution in [-0.2, 0) is 13.8 Å². The van der Waals surface area contributed by atoms with Crippen LogP contribution in [0.5, 0.6) is 0 Å². The third-order valence-electron chi connectivity index (χ3n) is 6.32. The summed E-state index contributed by atoms with van der Waals surface area (Å²) in [5.74, 6) is 0.0185. The lowest BCUT2D eigenvalue weighted by atomic mass is 10.00. The molecule has 0 aromatic carbocycles. The molecule has 1 saturated heterocycles. The molecule has 0 amide bonds. The Morgan fingerprint density at radius 1 is 1.39 bits per heavy atom. The summed E-state index contributed by atoms with van der Waals surface area (Å²) in [6.45, 7) is 23.6. The summed E-state index contributed by atoms with van der Waals surface area (Å²) in [5.41, 5.74) is 1.34. The van der Waals surface area contributed by atoms with Gasteiger partial charge in [-0.2, -0.15) is 0 Å². The van der Waals surface area contributed by atoms with E-state index in [4.69, 9.17) is 23.2 Å². The molecule has 1 aliphatic heterocycles. The first kappa shape index (κ1) is 29.3. The van der Waals surface area contributed by atoms with Gasteiger partial charge >= 0.3 is 0 Å². The monoisotopic (exact) mass is 554 g/mol. The molecule has 1 aromatic heterocycles. The fourth-order valence-corrected chi connectivity index (χ4v) is 6.36. The smallest absolute Gasteiger partial charge is 0.259 e. The van der Waals surface area contributed by atoms with Crippen molar-refractivity contribution in [1.82, 2.24) is 19.1 Å². The zero-order chi connectivity index (χ0) is 30.0. The number of carbonyl (C=O) groups is 1. The van der Waals surface area contributed by atoms with Crippen LogP contribution in [0.25, 0.3) is 10.9 Å². The molecule has 10 nitrogen and oxygen atoms in total. The molecule has 1 aromatic rings. The van der Waals surface area contributed by atoms with Crippen LogP contribution in [0.3, 0.4) is 0 Å². The van der Waals surface area contributed by atoms with Gasteiger partial charge in [-0.1, -0.05) is 5.57 Å². The van der Waals surface area contributed by atoms with Crippen molar-refractivity contribution in [3.8, 4) is 0 Å². The number of hydrogen-bond acceptors (Lipinski definition) is 8. The van der Waals surface area contributed by atoms with Crippen molar-refractivity contribution in [3.05, 3.63) is 34.7 Å². The van der Waals surface area contributed by atoms with Gasteiger partial charge in [-0.25, -0.2) is 16.2 Å². The number of ether oxygens (including phenoxy) is 1. The molecule has 214 valence electrons. The summed E-state index contributed by atoms with van der Waals surface area (Å²) in [6, 6.07) is 0.598. The molecule has 1 N–H and O–H groups in total. The Kier molecular flexibility index (Phi) is 11.3. The van der Waals surface area contributed by atoms with E-state index in [0.717, 1.165) is 11.3 Å². The molecule has 0 radical (unpaired) electrons. The molecule has 1 fully saturated rings. The standard InChI is InChI=1S/C26H42N5O4P.CH4O/c1-18(2)29-14-24(30-17-28-25-22(30)12-21(7)13-23(25)32)35-26(8,15-29)16-34-36(33-11-10-27-9)31(19(3)4)20(5)6;1-2/h12,17-20,24H,10-11,13-16H2,1-8H3;2H,1H3/t24-,26+,36?;/m1./s1/i8D;2T. The third kappa shape index (κ3) is 8.15. The molecule has 0 bridgehead atoms. The Labute approximate surface area is 232 Å². The normalized spacial score (nSPS) is 23.5. The van der Waals surface area contributed by atoms with Gasteiger partial charge in [0.1, 0.15) is 24.1 Å². The highest BCUT2D eigenvalue weighted by Crippen LogP contribution is 2.47. The minimum atomic E-state index is -1.45. The van der Waals surface area contributed by atoms with Crippen molar-refractivity contribution in [2.24, 2.45) is 0 Å². The number of allylic oxidation sites excluding steroid dienone is 1. The van der Waals surface area contributed by atoms with E-state index >= 15 is 0 Å². The van der Waals surface area contributed by atoms with Crippen molar-refractivity contribution in [3.63, 3.8) is 0 Å². The highest BCUT2D eigenvalue weighted by atomic mass is 31.2. The molecule has 1 unspecified atom stereocenters. The number of rotatable bonds is 11. The first-order chi connectivity index (χ1) is 18.9. The lowest BCUT2D eigenvalue weighted by Gasteiger charge is -2.47. The summed E-state index contributed by atoms with van der Waals surface area (Å²) >= 11 is 0. The number of nitrogens with zero attached hydrogens (tertiary/aromatic N) is 5. The second-order valence-corrected chi connectivity index (χ2v) is 12.0.